The minimum Gasteiger partial charge on any atom is -0.497 e. The van der Waals surface area contributed by atoms with Gasteiger partial charge >= 0.3 is 5.97 Å². The molecule has 4 rings (SSSR count). The van der Waals surface area contributed by atoms with E-state index in [1.807, 2.05) is 6.07 Å². The Balaban J connectivity index is 1.48. The first-order valence-electron chi connectivity index (χ1n) is 10.1. The lowest BCUT2D eigenvalue weighted by Crippen LogP contribution is -2.59. The van der Waals surface area contributed by atoms with Crippen molar-refractivity contribution in [3.05, 3.63) is 60.2 Å². The average molecular weight is 430 g/mol. The summed E-state index contributed by atoms with van der Waals surface area (Å²) in [5.41, 5.74) is 0.435. The zero-order chi connectivity index (χ0) is 22.0. The van der Waals surface area contributed by atoms with Crippen LogP contribution in [-0.2, 0) is 18.9 Å². The third-order valence-electron chi connectivity index (χ3n) is 5.15. The van der Waals surface area contributed by atoms with Gasteiger partial charge in [0.1, 0.15) is 42.5 Å². The van der Waals surface area contributed by atoms with Crippen molar-refractivity contribution in [2.75, 3.05) is 13.7 Å². The molecule has 0 unspecified atom stereocenters. The smallest absolute Gasteiger partial charge is 0.338 e. The second-order valence-electron chi connectivity index (χ2n) is 7.86. The van der Waals surface area contributed by atoms with E-state index in [1.165, 1.54) is 0 Å². The first kappa shape index (κ1) is 21.6. The number of aliphatic hydroxyl groups excluding tert-OH is 1. The Bertz CT molecular complexity index is 882. The van der Waals surface area contributed by atoms with Crippen LogP contribution in [0.2, 0.25) is 0 Å². The predicted octanol–water partition coefficient (Wildman–Crippen LogP) is 2.54. The van der Waals surface area contributed by atoms with E-state index >= 15 is 0 Å². The monoisotopic (exact) mass is 430 g/mol. The van der Waals surface area contributed by atoms with Gasteiger partial charge in [-0.15, -0.1) is 0 Å². The maximum atomic E-state index is 12.4. The van der Waals surface area contributed by atoms with Gasteiger partial charge in [-0.3, -0.25) is 0 Å². The van der Waals surface area contributed by atoms with Gasteiger partial charge in [-0.1, -0.05) is 18.2 Å². The number of methoxy groups -OCH3 is 1. The molecule has 0 aromatic heterocycles. The summed E-state index contributed by atoms with van der Waals surface area (Å²) in [7, 11) is 1.57. The number of aliphatic hydroxyl groups is 1. The lowest BCUT2D eigenvalue weighted by molar-refractivity contribution is -0.254. The summed E-state index contributed by atoms with van der Waals surface area (Å²) in [6.07, 6.45) is -4.15. The maximum Gasteiger partial charge on any atom is 0.338 e. The van der Waals surface area contributed by atoms with Crippen molar-refractivity contribution in [2.24, 2.45) is 0 Å². The first-order valence-corrected chi connectivity index (χ1v) is 10.1. The van der Waals surface area contributed by atoms with Crippen molar-refractivity contribution in [2.45, 2.75) is 50.3 Å². The van der Waals surface area contributed by atoms with Crippen LogP contribution < -0.4 is 9.47 Å². The number of ether oxygens (including phenoxy) is 6. The van der Waals surface area contributed by atoms with Crippen LogP contribution in [0.5, 0.6) is 11.5 Å². The van der Waals surface area contributed by atoms with Crippen molar-refractivity contribution in [1.82, 2.24) is 0 Å². The molecule has 2 aromatic carbocycles. The summed E-state index contributed by atoms with van der Waals surface area (Å²) in [5, 5.41) is 10.8. The number of rotatable bonds is 6. The second-order valence-corrected chi connectivity index (χ2v) is 7.86. The van der Waals surface area contributed by atoms with Crippen molar-refractivity contribution < 1.29 is 38.3 Å². The van der Waals surface area contributed by atoms with Crippen molar-refractivity contribution in [1.29, 1.82) is 0 Å². The zero-order valence-corrected chi connectivity index (χ0v) is 17.6. The first-order chi connectivity index (χ1) is 14.9. The van der Waals surface area contributed by atoms with E-state index in [-0.39, 0.29) is 6.61 Å². The summed E-state index contributed by atoms with van der Waals surface area (Å²) in [4.78, 5) is 12.4. The Hall–Kier alpha value is -2.65. The summed E-state index contributed by atoms with van der Waals surface area (Å²) in [6, 6.07) is 15.6. The van der Waals surface area contributed by atoms with Crippen molar-refractivity contribution in [3.63, 3.8) is 0 Å². The molecule has 0 radical (unpaired) electrons. The molecule has 2 aliphatic heterocycles. The fourth-order valence-electron chi connectivity index (χ4n) is 3.69. The molecule has 31 heavy (non-hydrogen) atoms. The molecule has 0 amide bonds. The van der Waals surface area contributed by atoms with Crippen LogP contribution >= 0.6 is 0 Å². The highest BCUT2D eigenvalue weighted by molar-refractivity contribution is 5.89. The predicted molar refractivity (Wildman–Crippen MR) is 109 cm³/mol. The Morgan fingerprint density at radius 3 is 2.32 bits per heavy atom. The van der Waals surface area contributed by atoms with E-state index in [1.54, 1.807) is 69.5 Å². The third kappa shape index (κ3) is 4.83. The lowest BCUT2D eigenvalue weighted by atomic mass is 9.99. The van der Waals surface area contributed by atoms with E-state index in [0.29, 0.717) is 17.1 Å². The lowest BCUT2D eigenvalue weighted by Gasteiger charge is -2.39. The highest BCUT2D eigenvalue weighted by atomic mass is 16.8. The minimum absolute atomic E-state index is 0.0798. The molecule has 1 N–H and O–H groups in total. The topological polar surface area (TPSA) is 92.7 Å². The molecule has 0 aliphatic carbocycles. The highest BCUT2D eigenvalue weighted by Crippen LogP contribution is 2.38. The summed E-state index contributed by atoms with van der Waals surface area (Å²) in [5.74, 6) is -0.229. The molecule has 5 atom stereocenters. The quantitative estimate of drug-likeness (QED) is 0.699. The average Bonchev–Trinajstić information content (AvgIpc) is 3.11. The largest absolute Gasteiger partial charge is 0.497 e. The normalized spacial score (nSPS) is 29.1. The Morgan fingerprint density at radius 2 is 1.65 bits per heavy atom. The number of carbonyl (C=O) groups is 1. The van der Waals surface area contributed by atoms with Crippen LogP contribution in [-0.4, -0.2) is 61.3 Å². The fraction of sp³-hybridized carbons (Fsp3) is 0.435. The summed E-state index contributed by atoms with van der Waals surface area (Å²) in [6.45, 7) is 3.43. The van der Waals surface area contributed by atoms with Gasteiger partial charge in [-0.2, -0.15) is 0 Å². The van der Waals surface area contributed by atoms with Crippen molar-refractivity contribution in [3.8, 4) is 11.5 Å². The van der Waals surface area contributed by atoms with Gasteiger partial charge in [0.15, 0.2) is 5.79 Å². The molecular weight excluding hydrogens is 404 g/mol. The molecule has 0 bridgehead atoms. The number of benzene rings is 2. The molecule has 2 aliphatic rings. The van der Waals surface area contributed by atoms with Crippen LogP contribution in [0.4, 0.5) is 0 Å². The molecule has 2 heterocycles. The number of carbonyl (C=O) groups excluding carboxylic acids is 1. The van der Waals surface area contributed by atoms with Crippen molar-refractivity contribution >= 4 is 5.97 Å². The van der Waals surface area contributed by atoms with Gasteiger partial charge in [-0.05, 0) is 50.2 Å². The summed E-state index contributed by atoms with van der Waals surface area (Å²) >= 11 is 0. The molecule has 2 saturated heterocycles. The molecule has 8 nitrogen and oxygen atoms in total. The molecule has 0 saturated carbocycles. The van der Waals surface area contributed by atoms with Gasteiger partial charge in [-0.25, -0.2) is 4.79 Å². The van der Waals surface area contributed by atoms with Crippen LogP contribution in [0, 0.1) is 0 Å². The van der Waals surface area contributed by atoms with Crippen LogP contribution in [0.1, 0.15) is 24.2 Å². The van der Waals surface area contributed by atoms with Crippen LogP contribution in [0.3, 0.4) is 0 Å². The Morgan fingerprint density at radius 1 is 1.00 bits per heavy atom. The maximum absolute atomic E-state index is 12.4. The molecule has 166 valence electrons. The Kier molecular flexibility index (Phi) is 6.15. The van der Waals surface area contributed by atoms with E-state index in [9.17, 15) is 9.90 Å². The van der Waals surface area contributed by atoms with E-state index in [0.717, 1.165) is 0 Å². The minimum atomic E-state index is -1.10. The van der Waals surface area contributed by atoms with Gasteiger partial charge < -0.3 is 33.5 Å². The summed E-state index contributed by atoms with van der Waals surface area (Å²) < 4.78 is 34.3. The van der Waals surface area contributed by atoms with Crippen LogP contribution in [0.15, 0.2) is 54.6 Å². The second kappa shape index (κ2) is 8.84. The molecule has 8 heteroatoms. The van der Waals surface area contributed by atoms with E-state index in [4.69, 9.17) is 28.4 Å². The van der Waals surface area contributed by atoms with E-state index in [2.05, 4.69) is 0 Å². The van der Waals surface area contributed by atoms with E-state index < -0.39 is 42.5 Å². The molecule has 2 aromatic rings. The number of hydrogen-bond donors (Lipinski definition) is 1. The molecule has 0 spiro atoms. The van der Waals surface area contributed by atoms with Gasteiger partial charge in [0.2, 0.25) is 6.29 Å². The zero-order valence-electron chi connectivity index (χ0n) is 17.6. The van der Waals surface area contributed by atoms with Gasteiger partial charge in [0.25, 0.3) is 0 Å². The highest BCUT2D eigenvalue weighted by Gasteiger charge is 2.56. The standard InChI is InChI=1S/C23H26O8/c1-23(2)30-19-17(13-27-21(25)14-7-5-4-6-8-14)29-22(18(24)20(19)31-23)28-16-11-9-15(26-3)10-12-16/h4-12,17-20,22,24H,13H2,1-3H3/t17-,18-,19+,20-,22-/m1/s1. The Labute approximate surface area is 180 Å². The number of fused-ring (bicyclic) bond motifs is 1. The third-order valence-corrected chi connectivity index (χ3v) is 5.15. The molecule has 2 fully saturated rings. The SMILES string of the molecule is COc1ccc(O[C@@H]2O[C@H](COC(=O)c3ccccc3)[C@@H]3OC(C)(C)O[C@@H]3[C@H]2O)cc1. The van der Waals surface area contributed by atoms with Gasteiger partial charge in [0.05, 0.1) is 12.7 Å². The molecular formula is C23H26O8. The van der Waals surface area contributed by atoms with Crippen LogP contribution in [0.25, 0.3) is 0 Å². The fourth-order valence-corrected chi connectivity index (χ4v) is 3.69. The number of esters is 1. The number of hydrogen-bond acceptors (Lipinski definition) is 8. The van der Waals surface area contributed by atoms with Gasteiger partial charge in [0, 0.05) is 0 Å².